The van der Waals surface area contributed by atoms with E-state index in [2.05, 4.69) is 13.0 Å². The van der Waals surface area contributed by atoms with Crippen molar-refractivity contribution in [2.24, 2.45) is 5.73 Å². The third-order valence-corrected chi connectivity index (χ3v) is 4.82. The summed E-state index contributed by atoms with van der Waals surface area (Å²) in [6.07, 6.45) is 27.8. The number of hydrogen-bond donors (Lipinski definition) is 2. The summed E-state index contributed by atoms with van der Waals surface area (Å²) in [5.41, 5.74) is 5.61. The number of allylic oxidation sites excluding steroid dienone is 1. The second-order valence-electron chi connectivity index (χ2n) is 7.37. The number of hydrogen-bond acceptors (Lipinski definition) is 2. The van der Waals surface area contributed by atoms with Gasteiger partial charge in [0.2, 0.25) is 0 Å². The largest absolute Gasteiger partial charge is 0.394 e. The highest BCUT2D eigenvalue weighted by atomic mass is 16.3. The van der Waals surface area contributed by atoms with Crippen molar-refractivity contribution in [2.75, 3.05) is 6.61 Å². The smallest absolute Gasteiger partial charge is 0.0618 e. The predicted molar refractivity (Wildman–Crippen MR) is 108 cm³/mol. The van der Waals surface area contributed by atoms with E-state index in [0.717, 1.165) is 6.42 Å². The Morgan fingerprint density at radius 1 is 0.667 bits per heavy atom. The highest BCUT2D eigenvalue weighted by molar-refractivity contribution is 4.90. The second-order valence-corrected chi connectivity index (χ2v) is 7.37. The summed E-state index contributed by atoms with van der Waals surface area (Å²) < 4.78 is 0. The first kappa shape index (κ1) is 23.7. The number of rotatable bonds is 19. The van der Waals surface area contributed by atoms with Crippen LogP contribution in [0.5, 0.6) is 0 Å². The van der Waals surface area contributed by atoms with Gasteiger partial charge in [-0.1, -0.05) is 115 Å². The lowest BCUT2D eigenvalue weighted by Gasteiger charge is -2.03. The van der Waals surface area contributed by atoms with E-state index in [9.17, 15) is 0 Å². The molecule has 0 aromatic rings. The molecule has 0 saturated carbocycles. The molecule has 0 aliphatic heterocycles. The van der Waals surface area contributed by atoms with E-state index >= 15 is 0 Å². The fourth-order valence-corrected chi connectivity index (χ4v) is 3.14. The predicted octanol–water partition coefficient (Wildman–Crippen LogP) is 6.51. The highest BCUT2D eigenvalue weighted by Gasteiger charge is 1.95. The molecule has 0 radical (unpaired) electrons. The van der Waals surface area contributed by atoms with Gasteiger partial charge in [0.05, 0.1) is 6.61 Å². The molecule has 0 amide bonds. The minimum Gasteiger partial charge on any atom is -0.394 e. The molecule has 1 unspecified atom stereocenters. The first-order valence-electron chi connectivity index (χ1n) is 10.8. The van der Waals surface area contributed by atoms with E-state index in [1.807, 2.05) is 6.08 Å². The van der Waals surface area contributed by atoms with Crippen LogP contribution in [-0.4, -0.2) is 17.8 Å². The molecule has 0 heterocycles. The molecule has 0 saturated heterocycles. The van der Waals surface area contributed by atoms with Crippen LogP contribution in [0, 0.1) is 0 Å². The minimum atomic E-state index is -0.175. The maximum atomic E-state index is 8.80. The number of aliphatic hydroxyl groups is 1. The van der Waals surface area contributed by atoms with Crippen molar-refractivity contribution in [1.29, 1.82) is 0 Å². The van der Waals surface area contributed by atoms with Crippen molar-refractivity contribution in [3.63, 3.8) is 0 Å². The van der Waals surface area contributed by atoms with E-state index < -0.39 is 0 Å². The van der Waals surface area contributed by atoms with Crippen LogP contribution >= 0.6 is 0 Å². The average Bonchev–Trinajstić information content (AvgIpc) is 2.60. The Hall–Kier alpha value is -0.340. The summed E-state index contributed by atoms with van der Waals surface area (Å²) in [6, 6.07) is -0.175. The number of unbranched alkanes of at least 4 members (excludes halogenated alkanes) is 16. The van der Waals surface area contributed by atoms with Gasteiger partial charge >= 0.3 is 0 Å². The Labute approximate surface area is 152 Å². The molecule has 0 bridgehead atoms. The molecular weight excluding hydrogens is 294 g/mol. The molecule has 0 aromatic carbocycles. The van der Waals surface area contributed by atoms with Crippen molar-refractivity contribution in [2.45, 2.75) is 122 Å². The SMILES string of the molecule is CCCCCCCCCCCCCCCCCC/C=C/C(N)CO. The van der Waals surface area contributed by atoms with Crippen LogP contribution in [0.3, 0.4) is 0 Å². The molecular formula is C22H45NO. The average molecular weight is 340 g/mol. The second kappa shape index (κ2) is 20.7. The minimum absolute atomic E-state index is 0.0511. The van der Waals surface area contributed by atoms with Gasteiger partial charge in [0.1, 0.15) is 0 Å². The third kappa shape index (κ3) is 19.7. The Morgan fingerprint density at radius 2 is 1.04 bits per heavy atom. The van der Waals surface area contributed by atoms with Gasteiger partial charge in [-0.15, -0.1) is 0 Å². The first-order valence-corrected chi connectivity index (χ1v) is 10.8. The van der Waals surface area contributed by atoms with Crippen LogP contribution in [-0.2, 0) is 0 Å². The van der Waals surface area contributed by atoms with Crippen molar-refractivity contribution in [1.82, 2.24) is 0 Å². The van der Waals surface area contributed by atoms with E-state index in [0.29, 0.717) is 0 Å². The lowest BCUT2D eigenvalue weighted by atomic mass is 10.0. The molecule has 0 aliphatic rings. The van der Waals surface area contributed by atoms with E-state index in [1.165, 1.54) is 103 Å². The zero-order chi connectivity index (χ0) is 17.7. The molecule has 3 N–H and O–H groups in total. The fourth-order valence-electron chi connectivity index (χ4n) is 3.14. The van der Waals surface area contributed by atoms with Crippen LogP contribution < -0.4 is 5.73 Å². The van der Waals surface area contributed by atoms with Gasteiger partial charge < -0.3 is 10.8 Å². The maximum Gasteiger partial charge on any atom is 0.0618 e. The van der Waals surface area contributed by atoms with Gasteiger partial charge in [-0.3, -0.25) is 0 Å². The number of aliphatic hydroxyl groups excluding tert-OH is 1. The molecule has 0 aliphatic carbocycles. The summed E-state index contributed by atoms with van der Waals surface area (Å²) in [7, 11) is 0. The Balaban J connectivity index is 3.04. The van der Waals surface area contributed by atoms with Crippen LogP contribution in [0.4, 0.5) is 0 Å². The molecule has 144 valence electrons. The molecule has 0 fully saturated rings. The fraction of sp³-hybridized carbons (Fsp3) is 0.909. The molecule has 2 heteroatoms. The monoisotopic (exact) mass is 339 g/mol. The van der Waals surface area contributed by atoms with Crippen molar-refractivity contribution in [3.8, 4) is 0 Å². The van der Waals surface area contributed by atoms with Gasteiger partial charge in [-0.05, 0) is 12.8 Å². The van der Waals surface area contributed by atoms with E-state index in [1.54, 1.807) is 0 Å². The molecule has 1 atom stereocenters. The Kier molecular flexibility index (Phi) is 20.4. The van der Waals surface area contributed by atoms with Crippen LogP contribution in [0.25, 0.3) is 0 Å². The molecule has 0 aromatic heterocycles. The lowest BCUT2D eigenvalue weighted by Crippen LogP contribution is -2.20. The third-order valence-electron chi connectivity index (χ3n) is 4.82. The first-order chi connectivity index (χ1) is 11.8. The van der Waals surface area contributed by atoms with Crippen molar-refractivity contribution >= 4 is 0 Å². The van der Waals surface area contributed by atoms with E-state index in [-0.39, 0.29) is 12.6 Å². The van der Waals surface area contributed by atoms with Crippen LogP contribution in [0.15, 0.2) is 12.2 Å². The summed E-state index contributed by atoms with van der Waals surface area (Å²) >= 11 is 0. The normalized spacial score (nSPS) is 13.0. The summed E-state index contributed by atoms with van der Waals surface area (Å²) in [5.74, 6) is 0. The Bertz CT molecular complexity index is 252. The van der Waals surface area contributed by atoms with Gasteiger partial charge in [-0.25, -0.2) is 0 Å². The van der Waals surface area contributed by atoms with Crippen LogP contribution in [0.2, 0.25) is 0 Å². The lowest BCUT2D eigenvalue weighted by molar-refractivity contribution is 0.284. The van der Waals surface area contributed by atoms with Gasteiger partial charge in [0, 0.05) is 6.04 Å². The van der Waals surface area contributed by atoms with Gasteiger partial charge in [0.25, 0.3) is 0 Å². The summed E-state index contributed by atoms with van der Waals surface area (Å²) in [4.78, 5) is 0. The molecule has 0 rings (SSSR count). The molecule has 24 heavy (non-hydrogen) atoms. The van der Waals surface area contributed by atoms with Crippen LogP contribution in [0.1, 0.15) is 116 Å². The quantitative estimate of drug-likeness (QED) is 0.208. The summed E-state index contributed by atoms with van der Waals surface area (Å²) in [5, 5.41) is 8.80. The molecule has 2 nitrogen and oxygen atoms in total. The zero-order valence-electron chi connectivity index (χ0n) is 16.5. The zero-order valence-corrected chi connectivity index (χ0v) is 16.5. The van der Waals surface area contributed by atoms with Gasteiger partial charge in [-0.2, -0.15) is 0 Å². The number of nitrogens with two attached hydrogens (primary N) is 1. The highest BCUT2D eigenvalue weighted by Crippen LogP contribution is 2.14. The standard InChI is InChI=1S/C22H45NO/c1-2-3-4-5-6-7-8-9-10-11-12-13-14-15-16-17-18-19-20-22(23)21-24/h19-20,22,24H,2-18,21,23H2,1H3/b20-19+. The summed E-state index contributed by atoms with van der Waals surface area (Å²) in [6.45, 7) is 2.34. The molecule has 0 spiro atoms. The van der Waals surface area contributed by atoms with Crippen molar-refractivity contribution in [3.05, 3.63) is 12.2 Å². The topological polar surface area (TPSA) is 46.2 Å². The maximum absolute atomic E-state index is 8.80. The van der Waals surface area contributed by atoms with E-state index in [4.69, 9.17) is 10.8 Å². The van der Waals surface area contributed by atoms with Crippen molar-refractivity contribution < 1.29 is 5.11 Å². The van der Waals surface area contributed by atoms with Gasteiger partial charge in [0.15, 0.2) is 0 Å². The Morgan fingerprint density at radius 3 is 1.42 bits per heavy atom.